The Morgan fingerprint density at radius 2 is 1.86 bits per heavy atom. The Bertz CT molecular complexity index is 643. The molecule has 0 aliphatic rings. The van der Waals surface area contributed by atoms with Gasteiger partial charge in [0.15, 0.2) is 0 Å². The number of hydrogen-bond acceptors (Lipinski definition) is 1. The minimum Gasteiger partial charge on any atom is -0.324 e. The first-order chi connectivity index (χ1) is 9.77. The van der Waals surface area contributed by atoms with Crippen LogP contribution in [0.4, 0.5) is 13.2 Å². The highest BCUT2D eigenvalue weighted by atomic mass is 127. The zero-order chi connectivity index (χ0) is 15.6. The first-order valence-corrected chi connectivity index (χ1v) is 7.59. The maximum absolute atomic E-state index is 12.7. The lowest BCUT2D eigenvalue weighted by molar-refractivity contribution is -0.137. The predicted molar refractivity (Wildman–Crippen MR) is 86.2 cm³/mol. The SMILES string of the molecule is NC(Cc1cccc(C(F)(F)F)c1)c1cc(Cl)ccc1I. The van der Waals surface area contributed by atoms with Crippen LogP contribution in [0.3, 0.4) is 0 Å². The first-order valence-electron chi connectivity index (χ1n) is 6.14. The van der Waals surface area contributed by atoms with E-state index in [9.17, 15) is 13.2 Å². The van der Waals surface area contributed by atoms with Crippen LogP contribution in [0, 0.1) is 3.57 Å². The lowest BCUT2D eigenvalue weighted by atomic mass is 9.98. The van der Waals surface area contributed by atoms with Gasteiger partial charge in [0.1, 0.15) is 0 Å². The van der Waals surface area contributed by atoms with Crippen molar-refractivity contribution in [2.45, 2.75) is 18.6 Å². The summed E-state index contributed by atoms with van der Waals surface area (Å²) in [5.41, 5.74) is 6.83. The molecule has 0 saturated carbocycles. The molecule has 0 heterocycles. The number of alkyl halides is 3. The van der Waals surface area contributed by atoms with Crippen LogP contribution >= 0.6 is 34.2 Å². The minimum absolute atomic E-state index is 0.320. The van der Waals surface area contributed by atoms with Crippen LogP contribution in [0.5, 0.6) is 0 Å². The van der Waals surface area contributed by atoms with Gasteiger partial charge in [0.2, 0.25) is 0 Å². The minimum atomic E-state index is -4.34. The maximum atomic E-state index is 12.7. The second kappa shape index (κ2) is 6.54. The highest BCUT2D eigenvalue weighted by molar-refractivity contribution is 14.1. The van der Waals surface area contributed by atoms with E-state index < -0.39 is 17.8 Å². The fourth-order valence-corrected chi connectivity index (χ4v) is 2.95. The fraction of sp³-hybridized carbons (Fsp3) is 0.200. The van der Waals surface area contributed by atoms with Gasteiger partial charge in [-0.3, -0.25) is 0 Å². The second-order valence-corrected chi connectivity index (χ2v) is 6.27. The maximum Gasteiger partial charge on any atom is 0.416 e. The van der Waals surface area contributed by atoms with Crippen molar-refractivity contribution in [3.63, 3.8) is 0 Å². The third-order valence-corrected chi connectivity index (χ3v) is 4.28. The molecule has 1 atom stereocenters. The van der Waals surface area contributed by atoms with Gasteiger partial charge in [0.25, 0.3) is 0 Å². The van der Waals surface area contributed by atoms with Crippen molar-refractivity contribution in [3.8, 4) is 0 Å². The molecule has 0 radical (unpaired) electrons. The summed E-state index contributed by atoms with van der Waals surface area (Å²) >= 11 is 8.08. The number of halogens is 5. The summed E-state index contributed by atoms with van der Waals surface area (Å²) in [6, 6.07) is 10.2. The molecule has 0 aromatic heterocycles. The summed E-state index contributed by atoms with van der Waals surface area (Å²) in [5, 5.41) is 0.560. The average Bonchev–Trinajstić information content (AvgIpc) is 2.41. The number of benzene rings is 2. The van der Waals surface area contributed by atoms with Gasteiger partial charge >= 0.3 is 6.18 Å². The molecule has 2 aromatic carbocycles. The van der Waals surface area contributed by atoms with Crippen LogP contribution in [0.15, 0.2) is 42.5 Å². The second-order valence-electron chi connectivity index (χ2n) is 4.67. The molecule has 0 amide bonds. The molecule has 2 rings (SSSR count). The van der Waals surface area contributed by atoms with E-state index in [1.807, 2.05) is 6.07 Å². The van der Waals surface area contributed by atoms with Gasteiger partial charge in [0.05, 0.1) is 5.56 Å². The Hall–Kier alpha value is -0.790. The average molecular weight is 426 g/mol. The topological polar surface area (TPSA) is 26.0 Å². The summed E-state index contributed by atoms with van der Waals surface area (Å²) < 4.78 is 39.0. The Balaban J connectivity index is 2.23. The lowest BCUT2D eigenvalue weighted by Gasteiger charge is -2.15. The molecule has 2 N–H and O–H groups in total. The quantitative estimate of drug-likeness (QED) is 0.672. The normalized spacial score (nSPS) is 13.2. The summed E-state index contributed by atoms with van der Waals surface area (Å²) in [6.07, 6.45) is -4.02. The third kappa shape index (κ3) is 4.34. The Morgan fingerprint density at radius 1 is 1.14 bits per heavy atom. The molecule has 21 heavy (non-hydrogen) atoms. The van der Waals surface area contributed by atoms with Crippen molar-refractivity contribution < 1.29 is 13.2 Å². The molecule has 1 unspecified atom stereocenters. The van der Waals surface area contributed by atoms with E-state index in [1.54, 1.807) is 18.2 Å². The highest BCUT2D eigenvalue weighted by Gasteiger charge is 2.30. The van der Waals surface area contributed by atoms with Crippen LogP contribution in [0.1, 0.15) is 22.7 Å². The van der Waals surface area contributed by atoms with Crippen molar-refractivity contribution in [2.75, 3.05) is 0 Å². The molecule has 2 aromatic rings. The Labute approximate surface area is 139 Å². The smallest absolute Gasteiger partial charge is 0.324 e. The van der Waals surface area contributed by atoms with Crippen molar-refractivity contribution in [1.29, 1.82) is 0 Å². The van der Waals surface area contributed by atoms with Crippen LogP contribution < -0.4 is 5.73 Å². The number of hydrogen-bond donors (Lipinski definition) is 1. The van der Waals surface area contributed by atoms with Gasteiger partial charge < -0.3 is 5.73 Å². The molecule has 112 valence electrons. The molecule has 0 saturated heterocycles. The van der Waals surface area contributed by atoms with Crippen LogP contribution in [0.25, 0.3) is 0 Å². The summed E-state index contributed by atoms with van der Waals surface area (Å²) in [4.78, 5) is 0. The van der Waals surface area contributed by atoms with Crippen molar-refractivity contribution >= 4 is 34.2 Å². The highest BCUT2D eigenvalue weighted by Crippen LogP contribution is 2.31. The fourth-order valence-electron chi connectivity index (χ4n) is 2.04. The van der Waals surface area contributed by atoms with Crippen LogP contribution in [0.2, 0.25) is 5.02 Å². The zero-order valence-electron chi connectivity index (χ0n) is 10.8. The first kappa shape index (κ1) is 16.6. The third-order valence-electron chi connectivity index (χ3n) is 3.07. The largest absolute Gasteiger partial charge is 0.416 e. The Kier molecular flexibility index (Phi) is 5.16. The van der Waals surface area contributed by atoms with Gasteiger partial charge in [-0.1, -0.05) is 29.8 Å². The van der Waals surface area contributed by atoms with Crippen LogP contribution in [-0.2, 0) is 12.6 Å². The number of rotatable bonds is 3. The molecule has 0 aliphatic carbocycles. The predicted octanol–water partition coefficient (Wildman–Crippen LogP) is 5.21. The van der Waals surface area contributed by atoms with E-state index in [0.29, 0.717) is 17.0 Å². The summed E-state index contributed by atoms with van der Waals surface area (Å²) in [5.74, 6) is 0. The lowest BCUT2D eigenvalue weighted by Crippen LogP contribution is -2.15. The molecular formula is C15H12ClF3IN. The van der Waals surface area contributed by atoms with Crippen molar-refractivity contribution in [1.82, 2.24) is 0 Å². The molecular weight excluding hydrogens is 414 g/mol. The number of nitrogens with two attached hydrogens (primary N) is 1. The van der Waals surface area contributed by atoms with E-state index in [4.69, 9.17) is 17.3 Å². The standard InChI is InChI=1S/C15H12ClF3IN/c16-11-4-5-13(20)12(8-11)14(21)7-9-2-1-3-10(6-9)15(17,18)19/h1-6,8,14H,7,21H2. The van der Waals surface area contributed by atoms with Crippen molar-refractivity contribution in [3.05, 3.63) is 67.7 Å². The van der Waals surface area contributed by atoms with Gasteiger partial charge in [-0.25, -0.2) is 0 Å². The molecule has 6 heteroatoms. The van der Waals surface area contributed by atoms with E-state index >= 15 is 0 Å². The van der Waals surface area contributed by atoms with E-state index in [0.717, 1.165) is 21.3 Å². The van der Waals surface area contributed by atoms with E-state index in [2.05, 4.69) is 22.6 Å². The van der Waals surface area contributed by atoms with Gasteiger partial charge in [-0.15, -0.1) is 0 Å². The van der Waals surface area contributed by atoms with Crippen molar-refractivity contribution in [2.24, 2.45) is 5.73 Å². The van der Waals surface area contributed by atoms with Gasteiger partial charge in [-0.05, 0) is 64.4 Å². The monoisotopic (exact) mass is 425 g/mol. The van der Waals surface area contributed by atoms with Gasteiger partial charge in [-0.2, -0.15) is 13.2 Å². The van der Waals surface area contributed by atoms with E-state index in [1.165, 1.54) is 6.07 Å². The molecule has 1 nitrogen and oxygen atoms in total. The van der Waals surface area contributed by atoms with Gasteiger partial charge in [0, 0.05) is 14.6 Å². The zero-order valence-corrected chi connectivity index (χ0v) is 13.7. The summed E-state index contributed by atoms with van der Waals surface area (Å²) in [7, 11) is 0. The molecule has 0 spiro atoms. The summed E-state index contributed by atoms with van der Waals surface area (Å²) in [6.45, 7) is 0. The Morgan fingerprint density at radius 3 is 2.52 bits per heavy atom. The molecule has 0 bridgehead atoms. The molecule has 0 aliphatic heterocycles. The van der Waals surface area contributed by atoms with Crippen LogP contribution in [-0.4, -0.2) is 0 Å². The molecule has 0 fully saturated rings. The van der Waals surface area contributed by atoms with E-state index in [-0.39, 0.29) is 0 Å².